The van der Waals surface area contributed by atoms with Crippen molar-refractivity contribution in [2.45, 2.75) is 12.3 Å². The van der Waals surface area contributed by atoms with Crippen LogP contribution in [-0.2, 0) is 11.2 Å². The number of hydrogen-bond donors (Lipinski definition) is 2. The molecule has 4 heteroatoms. The number of benzene rings is 3. The molecule has 1 heterocycles. The molecule has 4 nitrogen and oxygen atoms in total. The third-order valence-electron chi connectivity index (χ3n) is 5.41. The largest absolute Gasteiger partial charge is 0.448 e. The van der Waals surface area contributed by atoms with Crippen molar-refractivity contribution in [1.29, 1.82) is 0 Å². The summed E-state index contributed by atoms with van der Waals surface area (Å²) < 4.78 is 5.59. The number of anilines is 2. The molecule has 27 heavy (non-hydrogen) atoms. The van der Waals surface area contributed by atoms with Gasteiger partial charge in [0, 0.05) is 23.8 Å². The van der Waals surface area contributed by atoms with Crippen molar-refractivity contribution in [3.05, 3.63) is 83.4 Å². The number of nitrogens with one attached hydrogen (secondary N) is 2. The van der Waals surface area contributed by atoms with Gasteiger partial charge in [-0.2, -0.15) is 0 Å². The van der Waals surface area contributed by atoms with E-state index in [1.54, 1.807) is 0 Å². The Morgan fingerprint density at radius 2 is 1.70 bits per heavy atom. The van der Waals surface area contributed by atoms with E-state index in [4.69, 9.17) is 4.74 Å². The highest BCUT2D eigenvalue weighted by Gasteiger charge is 2.29. The van der Waals surface area contributed by atoms with Crippen LogP contribution in [0, 0.1) is 0 Å². The zero-order valence-corrected chi connectivity index (χ0v) is 14.9. The maximum absolute atomic E-state index is 12.3. The van der Waals surface area contributed by atoms with Crippen molar-refractivity contribution in [2.75, 3.05) is 23.8 Å². The van der Waals surface area contributed by atoms with Gasteiger partial charge in [-0.1, -0.05) is 54.6 Å². The lowest BCUT2D eigenvalue weighted by Crippen LogP contribution is -2.17. The summed E-state index contributed by atoms with van der Waals surface area (Å²) in [4.78, 5) is 12.3. The Hall–Kier alpha value is -3.27. The van der Waals surface area contributed by atoms with Crippen LogP contribution in [0.25, 0.3) is 11.1 Å². The number of rotatable bonds is 3. The van der Waals surface area contributed by atoms with Gasteiger partial charge in [0.05, 0.1) is 0 Å². The fraction of sp³-hybridized carbons (Fsp3) is 0.174. The van der Waals surface area contributed by atoms with Crippen LogP contribution in [0.5, 0.6) is 0 Å². The van der Waals surface area contributed by atoms with E-state index >= 15 is 0 Å². The first-order chi connectivity index (χ1) is 13.3. The van der Waals surface area contributed by atoms with Crippen LogP contribution in [0.1, 0.15) is 22.6 Å². The van der Waals surface area contributed by atoms with Crippen molar-refractivity contribution in [3.8, 4) is 11.1 Å². The van der Waals surface area contributed by atoms with Crippen LogP contribution in [0.3, 0.4) is 0 Å². The van der Waals surface area contributed by atoms with E-state index in [0.29, 0.717) is 6.61 Å². The summed E-state index contributed by atoms with van der Waals surface area (Å²) in [5.41, 5.74) is 8.01. The normalized spacial score (nSPS) is 14.1. The predicted octanol–water partition coefficient (Wildman–Crippen LogP) is 5.02. The minimum Gasteiger partial charge on any atom is -0.448 e. The van der Waals surface area contributed by atoms with Crippen LogP contribution in [0.15, 0.2) is 66.7 Å². The molecule has 0 saturated heterocycles. The van der Waals surface area contributed by atoms with Crippen molar-refractivity contribution in [1.82, 2.24) is 0 Å². The molecule has 2 aliphatic rings. The van der Waals surface area contributed by atoms with Crippen LogP contribution < -0.4 is 10.6 Å². The van der Waals surface area contributed by atoms with Crippen molar-refractivity contribution < 1.29 is 9.53 Å². The molecule has 2 N–H and O–H groups in total. The molecule has 0 aromatic heterocycles. The molecule has 0 unspecified atom stereocenters. The van der Waals surface area contributed by atoms with Gasteiger partial charge in [-0.15, -0.1) is 0 Å². The van der Waals surface area contributed by atoms with Gasteiger partial charge in [-0.3, -0.25) is 5.32 Å². The first kappa shape index (κ1) is 15.9. The van der Waals surface area contributed by atoms with Crippen LogP contribution in [0.2, 0.25) is 0 Å². The van der Waals surface area contributed by atoms with Crippen LogP contribution in [0.4, 0.5) is 16.2 Å². The molecule has 0 bridgehead atoms. The zero-order valence-electron chi connectivity index (χ0n) is 14.9. The smallest absolute Gasteiger partial charge is 0.411 e. The lowest BCUT2D eigenvalue weighted by atomic mass is 9.98. The summed E-state index contributed by atoms with van der Waals surface area (Å²) in [7, 11) is 0. The topological polar surface area (TPSA) is 50.4 Å². The minimum absolute atomic E-state index is 0.0739. The van der Waals surface area contributed by atoms with Gasteiger partial charge in [-0.05, 0) is 46.4 Å². The van der Waals surface area contributed by atoms with E-state index in [0.717, 1.165) is 24.3 Å². The van der Waals surface area contributed by atoms with Gasteiger partial charge in [0.1, 0.15) is 6.61 Å². The number of fused-ring (bicyclic) bond motifs is 4. The minimum atomic E-state index is -0.421. The molecule has 0 fully saturated rings. The van der Waals surface area contributed by atoms with Gasteiger partial charge in [0.2, 0.25) is 0 Å². The zero-order chi connectivity index (χ0) is 18.2. The molecule has 5 rings (SSSR count). The van der Waals surface area contributed by atoms with Crippen LogP contribution in [-0.4, -0.2) is 19.2 Å². The standard InChI is InChI=1S/C23H20N2O2/c26-23(25-16-10-9-15-11-12-24-22(15)13-16)27-14-21-19-7-3-1-5-17(19)18-6-2-4-8-20(18)21/h1-10,13,21,24H,11-12,14H2,(H,25,26). The Balaban J connectivity index is 1.31. The van der Waals surface area contributed by atoms with Gasteiger partial charge in [0.25, 0.3) is 0 Å². The van der Waals surface area contributed by atoms with E-state index in [9.17, 15) is 4.79 Å². The summed E-state index contributed by atoms with van der Waals surface area (Å²) in [5.74, 6) is 0.0739. The number of carbonyl (C=O) groups excluding carboxylic acids is 1. The van der Waals surface area contributed by atoms with Gasteiger partial charge in [-0.25, -0.2) is 4.79 Å². The highest BCUT2D eigenvalue weighted by atomic mass is 16.5. The Labute approximate surface area is 158 Å². The number of carbonyl (C=O) groups is 1. The molecule has 3 aromatic rings. The Kier molecular flexibility index (Phi) is 3.82. The van der Waals surface area contributed by atoms with E-state index in [1.165, 1.54) is 27.8 Å². The molecular formula is C23H20N2O2. The fourth-order valence-electron chi connectivity index (χ4n) is 4.12. The quantitative estimate of drug-likeness (QED) is 0.693. The molecule has 1 aliphatic carbocycles. The molecule has 0 radical (unpaired) electrons. The molecular weight excluding hydrogens is 336 g/mol. The second-order valence-electron chi connectivity index (χ2n) is 7.00. The van der Waals surface area contributed by atoms with Crippen molar-refractivity contribution in [2.24, 2.45) is 0 Å². The molecule has 0 atom stereocenters. The van der Waals surface area contributed by atoms with E-state index in [1.807, 2.05) is 36.4 Å². The Morgan fingerprint density at radius 1 is 1.00 bits per heavy atom. The second-order valence-corrected chi connectivity index (χ2v) is 7.00. The molecule has 1 amide bonds. The van der Waals surface area contributed by atoms with Gasteiger partial charge in [0.15, 0.2) is 0 Å². The van der Waals surface area contributed by atoms with Crippen molar-refractivity contribution in [3.63, 3.8) is 0 Å². The molecule has 0 saturated carbocycles. The lowest BCUT2D eigenvalue weighted by Gasteiger charge is -2.15. The maximum atomic E-state index is 12.3. The molecule has 3 aromatic carbocycles. The number of ether oxygens (including phenoxy) is 1. The lowest BCUT2D eigenvalue weighted by molar-refractivity contribution is 0.158. The summed E-state index contributed by atoms with van der Waals surface area (Å²) in [6, 6.07) is 22.6. The average Bonchev–Trinajstić information content (AvgIpc) is 3.28. The van der Waals surface area contributed by atoms with Crippen LogP contribution >= 0.6 is 0 Å². The highest BCUT2D eigenvalue weighted by Crippen LogP contribution is 2.44. The van der Waals surface area contributed by atoms with Gasteiger partial charge >= 0.3 is 6.09 Å². The summed E-state index contributed by atoms with van der Waals surface area (Å²) >= 11 is 0. The predicted molar refractivity (Wildman–Crippen MR) is 107 cm³/mol. The third kappa shape index (κ3) is 2.83. The molecule has 134 valence electrons. The van der Waals surface area contributed by atoms with E-state index in [2.05, 4.69) is 41.0 Å². The molecule has 1 aliphatic heterocycles. The average molecular weight is 356 g/mol. The summed E-state index contributed by atoms with van der Waals surface area (Å²) in [6.45, 7) is 1.27. The monoisotopic (exact) mass is 356 g/mol. The SMILES string of the molecule is O=C(Nc1ccc2c(c1)NCC2)OCC1c2ccccc2-c2ccccc21. The number of amides is 1. The fourth-order valence-corrected chi connectivity index (χ4v) is 4.12. The summed E-state index contributed by atoms with van der Waals surface area (Å²) in [5, 5.41) is 6.16. The Morgan fingerprint density at radius 3 is 2.44 bits per heavy atom. The van der Waals surface area contributed by atoms with E-state index < -0.39 is 6.09 Å². The van der Waals surface area contributed by atoms with Gasteiger partial charge < -0.3 is 10.1 Å². The van der Waals surface area contributed by atoms with E-state index in [-0.39, 0.29) is 5.92 Å². The third-order valence-corrected chi connectivity index (χ3v) is 5.41. The number of hydrogen-bond acceptors (Lipinski definition) is 3. The first-order valence-electron chi connectivity index (χ1n) is 9.28. The summed E-state index contributed by atoms with van der Waals surface area (Å²) in [6.07, 6.45) is 0.607. The first-order valence-corrected chi connectivity index (χ1v) is 9.28. The second kappa shape index (κ2) is 6.47. The van der Waals surface area contributed by atoms with Crippen molar-refractivity contribution >= 4 is 17.5 Å². The Bertz CT molecular complexity index is 983. The molecule has 0 spiro atoms. The maximum Gasteiger partial charge on any atom is 0.411 e. The highest BCUT2D eigenvalue weighted by molar-refractivity contribution is 5.86.